The minimum absolute atomic E-state index is 0.0573. The molecule has 1 saturated carbocycles. The van der Waals surface area contributed by atoms with Crippen LogP contribution in [0.2, 0.25) is 0 Å². The molecule has 4 rings (SSSR count). The van der Waals surface area contributed by atoms with Gasteiger partial charge in [0.15, 0.2) is 16.7 Å². The number of anilines is 1. The summed E-state index contributed by atoms with van der Waals surface area (Å²) in [6.45, 7) is 0. The molecule has 132 valence electrons. The van der Waals surface area contributed by atoms with Crippen LogP contribution in [0.25, 0.3) is 11.5 Å². The molecule has 0 spiro atoms. The minimum Gasteiger partial charge on any atom is -0.496 e. The number of ether oxygens (including phenoxy) is 1. The van der Waals surface area contributed by atoms with E-state index in [-0.39, 0.29) is 17.6 Å². The van der Waals surface area contributed by atoms with E-state index in [2.05, 4.69) is 10.3 Å². The van der Waals surface area contributed by atoms with Crippen molar-refractivity contribution in [3.63, 3.8) is 0 Å². The summed E-state index contributed by atoms with van der Waals surface area (Å²) in [6, 6.07) is 10.4. The zero-order chi connectivity index (χ0) is 18.1. The van der Waals surface area contributed by atoms with Crippen molar-refractivity contribution in [1.29, 1.82) is 0 Å². The van der Waals surface area contributed by atoms with E-state index >= 15 is 0 Å². The number of hydrogen-bond donors (Lipinski definition) is 1. The molecule has 0 atom stereocenters. The Bertz CT molecular complexity index is 958. The Kier molecular flexibility index (Phi) is 4.30. The maximum atomic E-state index is 12.6. The third-order valence-corrected chi connectivity index (χ3v) is 5.11. The second kappa shape index (κ2) is 6.76. The van der Waals surface area contributed by atoms with Crippen LogP contribution in [0.1, 0.15) is 32.9 Å². The van der Waals surface area contributed by atoms with Crippen molar-refractivity contribution in [3.05, 3.63) is 53.1 Å². The highest BCUT2D eigenvalue weighted by atomic mass is 32.1. The predicted octanol–water partition coefficient (Wildman–Crippen LogP) is 4.26. The molecular weight excluding hydrogens is 352 g/mol. The second-order valence-electron chi connectivity index (χ2n) is 5.97. The van der Waals surface area contributed by atoms with E-state index in [0.29, 0.717) is 32.8 Å². The van der Waals surface area contributed by atoms with E-state index in [9.17, 15) is 9.59 Å². The van der Waals surface area contributed by atoms with Crippen molar-refractivity contribution in [2.45, 2.75) is 12.8 Å². The van der Waals surface area contributed by atoms with E-state index in [1.165, 1.54) is 24.7 Å². The normalized spacial score (nSPS) is 13.4. The van der Waals surface area contributed by atoms with Crippen LogP contribution >= 0.6 is 11.3 Å². The van der Waals surface area contributed by atoms with Crippen LogP contribution < -0.4 is 10.1 Å². The summed E-state index contributed by atoms with van der Waals surface area (Å²) in [7, 11) is 1.51. The van der Waals surface area contributed by atoms with E-state index in [0.717, 1.165) is 12.8 Å². The second-order valence-corrected chi connectivity index (χ2v) is 6.97. The van der Waals surface area contributed by atoms with Gasteiger partial charge in [-0.15, -0.1) is 0 Å². The Labute approximate surface area is 153 Å². The number of benzene rings is 1. The number of aromatic nitrogens is 1. The highest BCUT2D eigenvalue weighted by molar-refractivity contribution is 7.18. The Hall–Kier alpha value is -2.93. The zero-order valence-corrected chi connectivity index (χ0v) is 14.8. The van der Waals surface area contributed by atoms with Crippen LogP contribution in [0.15, 0.2) is 47.1 Å². The number of nitrogens with one attached hydrogen (secondary N) is 1. The number of carbonyl (C=O) groups is 2. The molecule has 0 radical (unpaired) electrons. The summed E-state index contributed by atoms with van der Waals surface area (Å²) >= 11 is 1.18. The highest BCUT2D eigenvalue weighted by Crippen LogP contribution is 2.39. The van der Waals surface area contributed by atoms with Gasteiger partial charge in [-0.2, -0.15) is 0 Å². The number of nitrogens with zero attached hydrogens (tertiary/aromatic N) is 1. The van der Waals surface area contributed by atoms with Crippen molar-refractivity contribution in [2.75, 3.05) is 12.4 Å². The lowest BCUT2D eigenvalue weighted by Gasteiger charge is -2.06. The summed E-state index contributed by atoms with van der Waals surface area (Å²) in [5.74, 6) is 0.770. The first-order valence-corrected chi connectivity index (χ1v) is 9.02. The highest BCUT2D eigenvalue weighted by Gasteiger charge is 2.34. The van der Waals surface area contributed by atoms with Gasteiger partial charge in [-0.25, -0.2) is 4.98 Å². The van der Waals surface area contributed by atoms with Crippen molar-refractivity contribution in [3.8, 4) is 17.2 Å². The van der Waals surface area contributed by atoms with Crippen LogP contribution in [0, 0.1) is 5.92 Å². The maximum absolute atomic E-state index is 12.6. The van der Waals surface area contributed by atoms with Gasteiger partial charge in [0, 0.05) is 5.92 Å². The van der Waals surface area contributed by atoms with E-state index in [4.69, 9.17) is 9.15 Å². The predicted molar refractivity (Wildman–Crippen MR) is 97.8 cm³/mol. The van der Waals surface area contributed by atoms with E-state index in [1.54, 1.807) is 36.4 Å². The Balaban J connectivity index is 1.65. The molecule has 26 heavy (non-hydrogen) atoms. The summed E-state index contributed by atoms with van der Waals surface area (Å²) in [4.78, 5) is 30.1. The molecule has 2 aromatic heterocycles. The molecule has 1 aliphatic carbocycles. The average Bonchev–Trinajstić information content (AvgIpc) is 3.20. The first-order valence-electron chi connectivity index (χ1n) is 8.20. The van der Waals surface area contributed by atoms with Crippen LogP contribution in [0.4, 0.5) is 5.13 Å². The zero-order valence-electron chi connectivity index (χ0n) is 14.0. The van der Waals surface area contributed by atoms with Gasteiger partial charge in [0.05, 0.1) is 18.9 Å². The van der Waals surface area contributed by atoms with Crippen molar-refractivity contribution in [2.24, 2.45) is 5.92 Å². The topological polar surface area (TPSA) is 81.4 Å². The van der Waals surface area contributed by atoms with Gasteiger partial charge >= 0.3 is 0 Å². The summed E-state index contributed by atoms with van der Waals surface area (Å²) in [6.07, 6.45) is 3.33. The molecule has 7 heteroatoms. The monoisotopic (exact) mass is 368 g/mol. The lowest BCUT2D eigenvalue weighted by Crippen LogP contribution is -2.12. The van der Waals surface area contributed by atoms with Gasteiger partial charge in [0.25, 0.3) is 5.91 Å². The molecule has 1 amide bonds. The van der Waals surface area contributed by atoms with Gasteiger partial charge < -0.3 is 9.15 Å². The largest absolute Gasteiger partial charge is 0.496 e. The van der Waals surface area contributed by atoms with E-state index in [1.807, 2.05) is 0 Å². The molecule has 0 bridgehead atoms. The fourth-order valence-corrected chi connectivity index (χ4v) is 3.63. The Morgan fingerprint density at radius 3 is 2.73 bits per heavy atom. The first kappa shape index (κ1) is 16.5. The van der Waals surface area contributed by atoms with Crippen LogP contribution in [-0.2, 0) is 0 Å². The Morgan fingerprint density at radius 2 is 2.04 bits per heavy atom. The molecule has 1 aromatic carbocycles. The van der Waals surface area contributed by atoms with Gasteiger partial charge in [-0.05, 0) is 37.1 Å². The molecular formula is C19H16N2O4S. The number of amides is 1. The fraction of sp³-hybridized carbons (Fsp3) is 0.211. The van der Waals surface area contributed by atoms with Crippen molar-refractivity contribution < 1.29 is 18.7 Å². The third kappa shape index (κ3) is 3.13. The van der Waals surface area contributed by atoms with Gasteiger partial charge in [0.2, 0.25) is 0 Å². The SMILES string of the molecule is COc1ccccc1C(=O)Nc1nc(-c2ccco2)c(C(=O)C2CC2)s1. The molecule has 0 saturated heterocycles. The molecule has 3 aromatic rings. The van der Waals surface area contributed by atoms with E-state index < -0.39 is 0 Å². The molecule has 1 N–H and O–H groups in total. The lowest BCUT2D eigenvalue weighted by molar-refractivity contribution is 0.0970. The minimum atomic E-state index is -0.340. The standard InChI is InChI=1S/C19H16N2O4S/c1-24-13-6-3-2-5-12(13)18(23)21-19-20-15(14-7-4-10-25-14)17(26-19)16(22)11-8-9-11/h2-7,10-11H,8-9H2,1H3,(H,20,21,23). The number of furan rings is 1. The molecule has 6 nitrogen and oxygen atoms in total. The molecule has 1 aliphatic rings. The van der Waals surface area contributed by atoms with Gasteiger partial charge in [-0.1, -0.05) is 23.5 Å². The Morgan fingerprint density at radius 1 is 1.23 bits per heavy atom. The fourth-order valence-electron chi connectivity index (χ4n) is 2.65. The van der Waals surface area contributed by atoms with Gasteiger partial charge in [0.1, 0.15) is 16.3 Å². The number of ketones is 1. The first-order chi connectivity index (χ1) is 12.7. The van der Waals surface area contributed by atoms with Crippen molar-refractivity contribution in [1.82, 2.24) is 4.98 Å². The summed E-state index contributed by atoms with van der Waals surface area (Å²) < 4.78 is 10.6. The molecule has 0 aliphatic heterocycles. The van der Waals surface area contributed by atoms with Gasteiger partial charge in [-0.3, -0.25) is 14.9 Å². The number of hydrogen-bond acceptors (Lipinski definition) is 6. The van der Waals surface area contributed by atoms with Crippen LogP contribution in [0.3, 0.4) is 0 Å². The lowest BCUT2D eigenvalue weighted by atomic mass is 10.2. The average molecular weight is 368 g/mol. The molecule has 1 fully saturated rings. The summed E-state index contributed by atoms with van der Waals surface area (Å²) in [5, 5.41) is 3.12. The smallest absolute Gasteiger partial charge is 0.261 e. The molecule has 0 unspecified atom stereocenters. The number of Topliss-reactive ketones (excluding diaryl/α,β-unsaturated/α-hetero) is 1. The third-order valence-electron chi connectivity index (χ3n) is 4.13. The number of para-hydroxylation sites is 1. The molecule has 2 heterocycles. The summed E-state index contributed by atoms with van der Waals surface area (Å²) in [5.41, 5.74) is 0.882. The maximum Gasteiger partial charge on any atom is 0.261 e. The van der Waals surface area contributed by atoms with Crippen LogP contribution in [-0.4, -0.2) is 23.8 Å². The number of carbonyl (C=O) groups excluding carboxylic acids is 2. The number of rotatable bonds is 6. The van der Waals surface area contributed by atoms with Crippen LogP contribution in [0.5, 0.6) is 5.75 Å². The number of thiazole rings is 1. The quantitative estimate of drug-likeness (QED) is 0.658. The van der Waals surface area contributed by atoms with Crippen molar-refractivity contribution >= 4 is 28.2 Å². The number of methoxy groups -OCH3 is 1.